The van der Waals surface area contributed by atoms with Crippen molar-refractivity contribution in [1.29, 1.82) is 0 Å². The maximum Gasteiger partial charge on any atom is 0.249 e. The van der Waals surface area contributed by atoms with Crippen molar-refractivity contribution in [2.45, 2.75) is 205 Å². The summed E-state index contributed by atoms with van der Waals surface area (Å²) < 4.78 is 0. The Kier molecular flexibility index (Phi) is 37.3. The molecule has 0 fully saturated rings. The molecule has 0 radical (unpaired) electrons. The quantitative estimate of drug-likeness (QED) is 0.0390. The van der Waals surface area contributed by atoms with Gasteiger partial charge in [-0.1, -0.05) is 171 Å². The summed E-state index contributed by atoms with van der Waals surface area (Å²) in [5, 5.41) is 33.0. The van der Waals surface area contributed by atoms with Crippen LogP contribution >= 0.6 is 0 Å². The van der Waals surface area contributed by atoms with Gasteiger partial charge in [0.05, 0.1) is 18.8 Å². The molecule has 49 heavy (non-hydrogen) atoms. The Hall–Kier alpha value is -1.95. The first-order chi connectivity index (χ1) is 24.1. The van der Waals surface area contributed by atoms with Gasteiger partial charge in [-0.25, -0.2) is 0 Å². The fourth-order valence-corrected chi connectivity index (χ4v) is 5.77. The van der Waals surface area contributed by atoms with Crippen LogP contribution in [0.2, 0.25) is 0 Å². The third kappa shape index (κ3) is 34.3. The van der Waals surface area contributed by atoms with Gasteiger partial charge in [0.2, 0.25) is 5.91 Å². The lowest BCUT2D eigenvalue weighted by molar-refractivity contribution is -0.131. The van der Waals surface area contributed by atoms with Crippen LogP contribution in [0.1, 0.15) is 187 Å². The minimum absolute atomic E-state index is 0.388. The summed E-state index contributed by atoms with van der Waals surface area (Å²) in [6.45, 7) is 4.11. The van der Waals surface area contributed by atoms with Crippen molar-refractivity contribution in [3.05, 3.63) is 60.8 Å². The number of aliphatic hydroxyl groups excluding tert-OH is 3. The van der Waals surface area contributed by atoms with Gasteiger partial charge in [0.15, 0.2) is 0 Å². The van der Waals surface area contributed by atoms with Crippen LogP contribution < -0.4 is 5.32 Å². The molecule has 0 rings (SSSR count). The minimum Gasteiger partial charge on any atom is -0.394 e. The molecule has 0 aromatic heterocycles. The molecule has 0 aliphatic carbocycles. The standard InChI is InChI=1S/C44H79NO4/c1-3-5-7-9-11-13-15-17-18-19-20-21-22-23-24-25-27-29-31-33-35-37-39-43(48)44(49)45-41(40-46)42(47)38-36-34-32-30-28-26-16-14-12-10-8-6-4-2/h12,14,20-21,23-24,28,30,36,38,41-43,46-48H,3-11,13,15-19,22,25-27,29,31-35,37,39-40H2,1-2H3,(H,45,49)/b14-12+,21-20-,24-23-,30-28+,38-36+. The molecule has 5 nitrogen and oxygen atoms in total. The van der Waals surface area contributed by atoms with Crippen molar-refractivity contribution in [2.24, 2.45) is 0 Å². The number of carbonyl (C=O) groups is 1. The summed E-state index contributed by atoms with van der Waals surface area (Å²) in [5.41, 5.74) is 0. The van der Waals surface area contributed by atoms with E-state index >= 15 is 0 Å². The number of nitrogens with one attached hydrogen (secondary N) is 1. The van der Waals surface area contributed by atoms with E-state index in [-0.39, 0.29) is 6.61 Å². The smallest absolute Gasteiger partial charge is 0.249 e. The topological polar surface area (TPSA) is 89.8 Å². The van der Waals surface area contributed by atoms with E-state index in [0.717, 1.165) is 57.8 Å². The van der Waals surface area contributed by atoms with Crippen LogP contribution in [-0.2, 0) is 4.79 Å². The van der Waals surface area contributed by atoms with Crippen molar-refractivity contribution in [3.63, 3.8) is 0 Å². The highest BCUT2D eigenvalue weighted by atomic mass is 16.3. The average Bonchev–Trinajstić information content (AvgIpc) is 3.11. The van der Waals surface area contributed by atoms with Gasteiger partial charge in [-0.3, -0.25) is 4.79 Å². The van der Waals surface area contributed by atoms with E-state index < -0.39 is 24.2 Å². The normalized spacial score (nSPS) is 14.3. The van der Waals surface area contributed by atoms with Crippen LogP contribution in [-0.4, -0.2) is 46.1 Å². The summed E-state index contributed by atoms with van der Waals surface area (Å²) in [6.07, 6.45) is 51.0. The molecule has 5 heteroatoms. The Balaban J connectivity index is 3.77. The lowest BCUT2D eigenvalue weighted by atomic mass is 10.0. The highest BCUT2D eigenvalue weighted by Crippen LogP contribution is 2.13. The molecule has 0 aromatic carbocycles. The van der Waals surface area contributed by atoms with Gasteiger partial charge in [-0.15, -0.1) is 0 Å². The van der Waals surface area contributed by atoms with Crippen LogP contribution in [0.15, 0.2) is 60.8 Å². The largest absolute Gasteiger partial charge is 0.394 e. The van der Waals surface area contributed by atoms with E-state index in [2.05, 4.69) is 67.8 Å². The molecule has 284 valence electrons. The molecule has 0 saturated heterocycles. The molecule has 0 saturated carbocycles. The van der Waals surface area contributed by atoms with Crippen molar-refractivity contribution >= 4 is 5.91 Å². The first kappa shape index (κ1) is 47.0. The number of hydrogen-bond donors (Lipinski definition) is 4. The van der Waals surface area contributed by atoms with Gasteiger partial charge in [0.1, 0.15) is 6.10 Å². The first-order valence-corrected chi connectivity index (χ1v) is 20.6. The predicted octanol–water partition coefficient (Wildman–Crippen LogP) is 11.5. The van der Waals surface area contributed by atoms with Gasteiger partial charge in [-0.05, 0) is 77.0 Å². The molecule has 0 spiro atoms. The number of rotatable bonds is 36. The second-order valence-electron chi connectivity index (χ2n) is 13.8. The van der Waals surface area contributed by atoms with Gasteiger partial charge >= 0.3 is 0 Å². The first-order valence-electron chi connectivity index (χ1n) is 20.6. The van der Waals surface area contributed by atoms with E-state index in [1.165, 1.54) is 109 Å². The lowest BCUT2D eigenvalue weighted by Gasteiger charge is -2.21. The van der Waals surface area contributed by atoms with Gasteiger partial charge in [0, 0.05) is 0 Å². The lowest BCUT2D eigenvalue weighted by Crippen LogP contribution is -2.48. The Bertz CT molecular complexity index is 846. The molecule has 3 unspecified atom stereocenters. The van der Waals surface area contributed by atoms with Crippen molar-refractivity contribution in [3.8, 4) is 0 Å². The van der Waals surface area contributed by atoms with Gasteiger partial charge in [0.25, 0.3) is 0 Å². The van der Waals surface area contributed by atoms with Crippen LogP contribution in [0.4, 0.5) is 0 Å². The molecule has 0 aromatic rings. The highest BCUT2D eigenvalue weighted by molar-refractivity contribution is 5.80. The molecule has 1 amide bonds. The predicted molar refractivity (Wildman–Crippen MR) is 213 cm³/mol. The number of amides is 1. The molecule has 0 bridgehead atoms. The van der Waals surface area contributed by atoms with Crippen molar-refractivity contribution in [1.82, 2.24) is 5.32 Å². The van der Waals surface area contributed by atoms with Gasteiger partial charge < -0.3 is 20.6 Å². The zero-order chi connectivity index (χ0) is 35.9. The third-order valence-electron chi connectivity index (χ3n) is 9.06. The van der Waals surface area contributed by atoms with E-state index in [9.17, 15) is 20.1 Å². The van der Waals surface area contributed by atoms with Crippen molar-refractivity contribution in [2.75, 3.05) is 6.61 Å². The molecular formula is C44H79NO4. The monoisotopic (exact) mass is 686 g/mol. The number of unbranched alkanes of at least 4 members (excludes halogenated alkanes) is 20. The summed E-state index contributed by atoms with van der Waals surface area (Å²) in [6, 6.07) is -0.826. The Morgan fingerprint density at radius 2 is 0.898 bits per heavy atom. The summed E-state index contributed by atoms with van der Waals surface area (Å²) >= 11 is 0. The Morgan fingerprint density at radius 3 is 1.41 bits per heavy atom. The van der Waals surface area contributed by atoms with E-state index in [0.29, 0.717) is 6.42 Å². The summed E-state index contributed by atoms with van der Waals surface area (Å²) in [7, 11) is 0. The molecule has 4 N–H and O–H groups in total. The van der Waals surface area contributed by atoms with E-state index in [4.69, 9.17) is 0 Å². The number of aliphatic hydroxyl groups is 3. The third-order valence-corrected chi connectivity index (χ3v) is 9.06. The average molecular weight is 686 g/mol. The van der Waals surface area contributed by atoms with Crippen LogP contribution in [0, 0.1) is 0 Å². The Morgan fingerprint density at radius 1 is 0.510 bits per heavy atom. The minimum atomic E-state index is -1.12. The van der Waals surface area contributed by atoms with Crippen LogP contribution in [0.5, 0.6) is 0 Å². The summed E-state index contributed by atoms with van der Waals surface area (Å²) in [5.74, 6) is -0.529. The van der Waals surface area contributed by atoms with Gasteiger partial charge in [-0.2, -0.15) is 0 Å². The molecule has 0 aliphatic rings. The number of allylic oxidation sites excluding steroid dienone is 9. The maximum atomic E-state index is 12.4. The van der Waals surface area contributed by atoms with Crippen molar-refractivity contribution < 1.29 is 20.1 Å². The molecule has 0 aliphatic heterocycles. The second-order valence-corrected chi connectivity index (χ2v) is 13.8. The second kappa shape index (κ2) is 38.8. The zero-order valence-corrected chi connectivity index (χ0v) is 32.1. The number of carbonyl (C=O) groups excluding carboxylic acids is 1. The molecule has 0 heterocycles. The summed E-state index contributed by atoms with van der Waals surface area (Å²) in [4.78, 5) is 12.4. The maximum absolute atomic E-state index is 12.4. The number of hydrogen-bond acceptors (Lipinski definition) is 4. The van der Waals surface area contributed by atoms with E-state index in [1.807, 2.05) is 6.08 Å². The molecule has 3 atom stereocenters. The fraction of sp³-hybridized carbons (Fsp3) is 0.750. The Labute approximate surface area is 303 Å². The zero-order valence-electron chi connectivity index (χ0n) is 32.1. The van der Waals surface area contributed by atoms with Crippen LogP contribution in [0.25, 0.3) is 0 Å². The molecular weight excluding hydrogens is 606 g/mol. The van der Waals surface area contributed by atoms with Crippen LogP contribution in [0.3, 0.4) is 0 Å². The van der Waals surface area contributed by atoms with E-state index in [1.54, 1.807) is 6.08 Å². The highest BCUT2D eigenvalue weighted by Gasteiger charge is 2.22. The SMILES string of the molecule is CCCCC/C=C/CC/C=C/CC/C=C/C(O)C(CO)NC(=O)C(O)CCCCCCCC/C=C\C/C=C\CCCCCCCCCCC. The fourth-order valence-electron chi connectivity index (χ4n) is 5.77.